The average molecular weight is 318 g/mol. The molecule has 1 amide bonds. The van der Waals surface area contributed by atoms with Crippen LogP contribution in [0.2, 0.25) is 0 Å². The van der Waals surface area contributed by atoms with Gasteiger partial charge in [0.1, 0.15) is 5.01 Å². The van der Waals surface area contributed by atoms with E-state index in [1.807, 2.05) is 22.9 Å². The highest BCUT2D eigenvalue weighted by atomic mass is 32.1. The van der Waals surface area contributed by atoms with E-state index in [1.165, 1.54) is 0 Å². The maximum Gasteiger partial charge on any atom is 0.226 e. The quantitative estimate of drug-likeness (QED) is 0.733. The lowest BCUT2D eigenvalue weighted by molar-refractivity contribution is -0.120. The third-order valence-corrected chi connectivity index (χ3v) is 4.83. The number of imidazole rings is 1. The van der Waals surface area contributed by atoms with E-state index in [-0.39, 0.29) is 5.91 Å². The van der Waals surface area contributed by atoms with E-state index < -0.39 is 0 Å². The van der Waals surface area contributed by atoms with Gasteiger partial charge in [0.25, 0.3) is 0 Å². The first kappa shape index (κ1) is 14.0. The second-order valence-corrected chi connectivity index (χ2v) is 6.28. The van der Waals surface area contributed by atoms with Crippen LogP contribution >= 0.6 is 22.7 Å². The van der Waals surface area contributed by atoms with Crippen LogP contribution < -0.4 is 5.32 Å². The van der Waals surface area contributed by atoms with Gasteiger partial charge < -0.3 is 10.3 Å². The summed E-state index contributed by atoms with van der Waals surface area (Å²) in [5.41, 5.74) is 1.84. The minimum atomic E-state index is -0.00227. The number of rotatable bonds is 6. The van der Waals surface area contributed by atoms with Crippen molar-refractivity contribution in [2.75, 3.05) is 6.54 Å². The van der Waals surface area contributed by atoms with Gasteiger partial charge in [-0.2, -0.15) is 0 Å². The molecule has 7 heteroatoms. The number of nitrogens with zero attached hydrogens (tertiary/aromatic N) is 2. The predicted octanol–water partition coefficient (Wildman–Crippen LogP) is 2.50. The van der Waals surface area contributed by atoms with Crippen molar-refractivity contribution in [1.82, 2.24) is 20.3 Å². The van der Waals surface area contributed by atoms with E-state index in [0.717, 1.165) is 27.7 Å². The third-order valence-electron chi connectivity index (χ3n) is 2.90. The first-order valence-electron chi connectivity index (χ1n) is 6.53. The Morgan fingerprint density at radius 1 is 1.38 bits per heavy atom. The van der Waals surface area contributed by atoms with Gasteiger partial charge in [-0.05, 0) is 11.4 Å². The van der Waals surface area contributed by atoms with Gasteiger partial charge in [0.2, 0.25) is 5.91 Å². The van der Waals surface area contributed by atoms with Crippen molar-refractivity contribution in [3.05, 3.63) is 46.8 Å². The molecule has 21 heavy (non-hydrogen) atoms. The molecule has 0 spiro atoms. The zero-order chi connectivity index (χ0) is 14.5. The number of hydrogen-bond donors (Lipinski definition) is 2. The Morgan fingerprint density at radius 2 is 2.33 bits per heavy atom. The maximum absolute atomic E-state index is 11.9. The van der Waals surface area contributed by atoms with Gasteiger partial charge in [0.15, 0.2) is 0 Å². The number of carbonyl (C=O) groups is 1. The molecule has 0 saturated carbocycles. The lowest BCUT2D eigenvalue weighted by Crippen LogP contribution is -2.27. The zero-order valence-electron chi connectivity index (χ0n) is 11.2. The molecule has 5 nitrogen and oxygen atoms in total. The van der Waals surface area contributed by atoms with Gasteiger partial charge in [0, 0.05) is 30.2 Å². The fourth-order valence-electron chi connectivity index (χ4n) is 1.89. The smallest absolute Gasteiger partial charge is 0.226 e. The molecule has 3 aromatic heterocycles. The largest absolute Gasteiger partial charge is 0.355 e. The predicted molar refractivity (Wildman–Crippen MR) is 84.4 cm³/mol. The average Bonchev–Trinajstić information content (AvgIpc) is 3.21. The van der Waals surface area contributed by atoms with Gasteiger partial charge in [-0.25, -0.2) is 9.97 Å². The highest BCUT2D eigenvalue weighted by molar-refractivity contribution is 7.20. The summed E-state index contributed by atoms with van der Waals surface area (Å²) in [5.74, 6) is -0.00227. The summed E-state index contributed by atoms with van der Waals surface area (Å²) in [4.78, 5) is 24.5. The van der Waals surface area contributed by atoms with E-state index >= 15 is 0 Å². The summed E-state index contributed by atoms with van der Waals surface area (Å²) in [6, 6.07) is 4.04. The Morgan fingerprint density at radius 3 is 3.10 bits per heavy atom. The molecule has 0 saturated heterocycles. The van der Waals surface area contributed by atoms with Gasteiger partial charge in [-0.15, -0.1) is 22.7 Å². The Kier molecular flexibility index (Phi) is 4.42. The van der Waals surface area contributed by atoms with Gasteiger partial charge in [-0.1, -0.05) is 6.07 Å². The number of thiazole rings is 1. The van der Waals surface area contributed by atoms with Crippen LogP contribution in [-0.2, 0) is 17.6 Å². The molecule has 3 heterocycles. The molecule has 0 atom stereocenters. The molecule has 0 aromatic carbocycles. The Labute approximate surface area is 130 Å². The second kappa shape index (κ2) is 6.64. The van der Waals surface area contributed by atoms with Crippen LogP contribution in [0.4, 0.5) is 0 Å². The van der Waals surface area contributed by atoms with Crippen LogP contribution in [0.1, 0.15) is 11.4 Å². The SMILES string of the molecule is O=C(Cc1csc(-c2cccs2)n1)NCCc1cnc[nH]1. The van der Waals surface area contributed by atoms with Crippen LogP contribution in [0, 0.1) is 0 Å². The second-order valence-electron chi connectivity index (χ2n) is 4.47. The molecular weight excluding hydrogens is 304 g/mol. The minimum absolute atomic E-state index is 0.00227. The van der Waals surface area contributed by atoms with Crippen molar-refractivity contribution in [2.24, 2.45) is 0 Å². The molecule has 0 aliphatic carbocycles. The molecule has 0 fully saturated rings. The summed E-state index contributed by atoms with van der Waals surface area (Å²) >= 11 is 3.24. The highest BCUT2D eigenvalue weighted by Gasteiger charge is 2.09. The molecule has 0 radical (unpaired) electrons. The number of nitrogens with one attached hydrogen (secondary N) is 2. The normalized spacial score (nSPS) is 10.7. The number of hydrogen-bond acceptors (Lipinski definition) is 5. The van der Waals surface area contributed by atoms with Crippen LogP contribution in [0.15, 0.2) is 35.4 Å². The number of amides is 1. The summed E-state index contributed by atoms with van der Waals surface area (Å²) in [6.07, 6.45) is 4.48. The number of thiophene rings is 1. The molecule has 0 bridgehead atoms. The third kappa shape index (κ3) is 3.77. The Bertz CT molecular complexity index is 688. The molecule has 0 aliphatic rings. The highest BCUT2D eigenvalue weighted by Crippen LogP contribution is 2.27. The summed E-state index contributed by atoms with van der Waals surface area (Å²) in [7, 11) is 0. The number of H-pyrrole nitrogens is 1. The Balaban J connectivity index is 1.48. The fraction of sp³-hybridized carbons (Fsp3) is 0.214. The standard InChI is InChI=1S/C14H14N4OS2/c19-13(16-4-3-10-7-15-9-17-10)6-11-8-21-14(18-11)12-2-1-5-20-12/h1-2,5,7-9H,3-4,6H2,(H,15,17)(H,16,19). The van der Waals surface area contributed by atoms with Crippen molar-refractivity contribution < 1.29 is 4.79 Å². The Hall–Kier alpha value is -1.99. The number of carbonyl (C=O) groups excluding carboxylic acids is 1. The molecule has 3 aromatic rings. The molecule has 0 aliphatic heterocycles. The van der Waals surface area contributed by atoms with E-state index in [9.17, 15) is 4.79 Å². The van der Waals surface area contributed by atoms with Crippen LogP contribution in [-0.4, -0.2) is 27.4 Å². The van der Waals surface area contributed by atoms with Gasteiger partial charge in [-0.3, -0.25) is 4.79 Å². The minimum Gasteiger partial charge on any atom is -0.355 e. The van der Waals surface area contributed by atoms with Crippen molar-refractivity contribution in [3.63, 3.8) is 0 Å². The van der Waals surface area contributed by atoms with Crippen LogP contribution in [0.3, 0.4) is 0 Å². The van der Waals surface area contributed by atoms with Crippen molar-refractivity contribution >= 4 is 28.6 Å². The van der Waals surface area contributed by atoms with Gasteiger partial charge in [0.05, 0.1) is 23.3 Å². The summed E-state index contributed by atoms with van der Waals surface area (Å²) in [5, 5.41) is 7.85. The van der Waals surface area contributed by atoms with Crippen LogP contribution in [0.5, 0.6) is 0 Å². The summed E-state index contributed by atoms with van der Waals surface area (Å²) in [6.45, 7) is 0.600. The number of aromatic nitrogens is 3. The lowest BCUT2D eigenvalue weighted by Gasteiger charge is -2.02. The fourth-order valence-corrected chi connectivity index (χ4v) is 3.52. The first-order valence-corrected chi connectivity index (χ1v) is 8.29. The zero-order valence-corrected chi connectivity index (χ0v) is 12.8. The number of aromatic amines is 1. The van der Waals surface area contributed by atoms with Crippen molar-refractivity contribution in [2.45, 2.75) is 12.8 Å². The van der Waals surface area contributed by atoms with E-state index in [1.54, 1.807) is 35.2 Å². The molecule has 0 unspecified atom stereocenters. The van der Waals surface area contributed by atoms with E-state index in [0.29, 0.717) is 13.0 Å². The lowest BCUT2D eigenvalue weighted by atomic mass is 10.3. The monoisotopic (exact) mass is 318 g/mol. The molecular formula is C14H14N4OS2. The van der Waals surface area contributed by atoms with Crippen molar-refractivity contribution in [1.29, 1.82) is 0 Å². The van der Waals surface area contributed by atoms with Crippen LogP contribution in [0.25, 0.3) is 9.88 Å². The molecule has 108 valence electrons. The van der Waals surface area contributed by atoms with E-state index in [4.69, 9.17) is 0 Å². The summed E-state index contributed by atoms with van der Waals surface area (Å²) < 4.78 is 0. The van der Waals surface area contributed by atoms with Crippen molar-refractivity contribution in [3.8, 4) is 9.88 Å². The molecule has 2 N–H and O–H groups in total. The molecule has 3 rings (SSSR count). The van der Waals surface area contributed by atoms with Gasteiger partial charge >= 0.3 is 0 Å². The topological polar surface area (TPSA) is 70.7 Å². The first-order chi connectivity index (χ1) is 10.3. The maximum atomic E-state index is 11.9. The van der Waals surface area contributed by atoms with E-state index in [2.05, 4.69) is 20.3 Å².